The topological polar surface area (TPSA) is 29.3 Å². The summed E-state index contributed by atoms with van der Waals surface area (Å²) in [4.78, 5) is 2.86. The minimum absolute atomic E-state index is 0.294. The summed E-state index contributed by atoms with van der Waals surface area (Å²) in [5.41, 5.74) is 6.64. The molecule has 0 bridgehead atoms. The van der Waals surface area contributed by atoms with E-state index in [0.29, 0.717) is 5.54 Å². The molecule has 0 aromatic heterocycles. The van der Waals surface area contributed by atoms with Gasteiger partial charge in [-0.2, -0.15) is 0 Å². The van der Waals surface area contributed by atoms with Gasteiger partial charge in [-0.15, -0.1) is 0 Å². The predicted molar refractivity (Wildman–Crippen MR) is 83.2 cm³/mol. The monoisotopic (exact) mass is 266 g/mol. The molecule has 2 heteroatoms. The molecule has 1 aliphatic heterocycles. The van der Waals surface area contributed by atoms with Gasteiger partial charge in [0, 0.05) is 18.1 Å². The maximum atomic E-state index is 6.35. The Labute approximate surface area is 120 Å². The first kappa shape index (κ1) is 15.3. The van der Waals surface area contributed by atoms with E-state index in [-0.39, 0.29) is 0 Å². The lowest BCUT2D eigenvalue weighted by Crippen LogP contribution is -2.63. The Hall–Kier alpha value is -0.0800. The Bertz CT molecular complexity index is 278. The normalized spacial score (nSPS) is 42.0. The molecule has 2 rings (SSSR count). The molecular formula is C17H34N2. The van der Waals surface area contributed by atoms with Gasteiger partial charge < -0.3 is 5.73 Å². The number of rotatable bonds is 3. The van der Waals surface area contributed by atoms with Crippen LogP contribution in [0.3, 0.4) is 0 Å². The molecule has 1 saturated carbocycles. The van der Waals surface area contributed by atoms with Crippen molar-refractivity contribution in [2.45, 2.75) is 83.7 Å². The van der Waals surface area contributed by atoms with Gasteiger partial charge >= 0.3 is 0 Å². The fraction of sp³-hybridized carbons (Fsp3) is 1.00. The highest BCUT2D eigenvalue weighted by molar-refractivity contribution is 5.02. The van der Waals surface area contributed by atoms with E-state index >= 15 is 0 Å². The standard InChI is InChI=1S/C17H34N2/c1-4-16-10-6-5-7-12-19(16)17(13-18)11-8-9-14(2)15(17)3/h14-16H,4-13,18H2,1-3H3. The summed E-state index contributed by atoms with van der Waals surface area (Å²) in [5, 5.41) is 0. The molecule has 1 aliphatic carbocycles. The van der Waals surface area contributed by atoms with Crippen LogP contribution in [0.4, 0.5) is 0 Å². The number of nitrogens with zero attached hydrogens (tertiary/aromatic N) is 1. The van der Waals surface area contributed by atoms with Gasteiger partial charge in [0.2, 0.25) is 0 Å². The quantitative estimate of drug-likeness (QED) is 0.842. The number of hydrogen-bond acceptors (Lipinski definition) is 2. The molecule has 1 heterocycles. The highest BCUT2D eigenvalue weighted by atomic mass is 15.2. The fourth-order valence-corrected chi connectivity index (χ4v) is 4.74. The van der Waals surface area contributed by atoms with E-state index in [4.69, 9.17) is 5.73 Å². The molecule has 2 N–H and O–H groups in total. The SMILES string of the molecule is CCC1CCCCCN1C1(CN)CCCC(C)C1C. The summed E-state index contributed by atoms with van der Waals surface area (Å²) in [6.45, 7) is 9.41. The average Bonchev–Trinajstić information content (AvgIpc) is 2.67. The predicted octanol–water partition coefficient (Wildman–Crippen LogP) is 3.79. The molecule has 4 unspecified atom stereocenters. The molecule has 0 spiro atoms. The lowest BCUT2D eigenvalue weighted by atomic mass is 9.66. The third kappa shape index (κ3) is 2.85. The molecule has 2 aliphatic rings. The zero-order chi connectivity index (χ0) is 13.9. The van der Waals surface area contributed by atoms with Crippen molar-refractivity contribution in [2.24, 2.45) is 17.6 Å². The maximum absolute atomic E-state index is 6.35. The van der Waals surface area contributed by atoms with E-state index in [1.54, 1.807) is 0 Å². The van der Waals surface area contributed by atoms with Gasteiger partial charge in [0.05, 0.1) is 0 Å². The highest BCUT2D eigenvalue weighted by Gasteiger charge is 2.46. The van der Waals surface area contributed by atoms with Crippen LogP contribution in [0.5, 0.6) is 0 Å². The Morgan fingerprint density at radius 1 is 1.11 bits per heavy atom. The number of nitrogens with two attached hydrogens (primary N) is 1. The van der Waals surface area contributed by atoms with E-state index in [9.17, 15) is 0 Å². The molecule has 2 nitrogen and oxygen atoms in total. The highest BCUT2D eigenvalue weighted by Crippen LogP contribution is 2.43. The van der Waals surface area contributed by atoms with E-state index < -0.39 is 0 Å². The first-order valence-corrected chi connectivity index (χ1v) is 8.62. The summed E-state index contributed by atoms with van der Waals surface area (Å²) in [5.74, 6) is 1.58. The van der Waals surface area contributed by atoms with E-state index in [1.165, 1.54) is 57.9 Å². The van der Waals surface area contributed by atoms with Crippen molar-refractivity contribution >= 4 is 0 Å². The van der Waals surface area contributed by atoms with Gasteiger partial charge in [-0.3, -0.25) is 4.90 Å². The van der Waals surface area contributed by atoms with Gasteiger partial charge in [-0.1, -0.05) is 46.5 Å². The fourth-order valence-electron chi connectivity index (χ4n) is 4.74. The van der Waals surface area contributed by atoms with Crippen LogP contribution in [0.15, 0.2) is 0 Å². The van der Waals surface area contributed by atoms with Crippen LogP contribution < -0.4 is 5.73 Å². The summed E-state index contributed by atoms with van der Waals surface area (Å²) in [7, 11) is 0. The van der Waals surface area contributed by atoms with Crippen LogP contribution in [-0.2, 0) is 0 Å². The van der Waals surface area contributed by atoms with Crippen LogP contribution >= 0.6 is 0 Å². The maximum Gasteiger partial charge on any atom is 0.0362 e. The molecule has 2 fully saturated rings. The lowest BCUT2D eigenvalue weighted by Gasteiger charge is -2.54. The van der Waals surface area contributed by atoms with E-state index in [0.717, 1.165) is 24.4 Å². The van der Waals surface area contributed by atoms with Crippen molar-refractivity contribution in [1.29, 1.82) is 0 Å². The van der Waals surface area contributed by atoms with Gasteiger partial charge in [0.25, 0.3) is 0 Å². The summed E-state index contributed by atoms with van der Waals surface area (Å²) < 4.78 is 0. The van der Waals surface area contributed by atoms with Crippen molar-refractivity contribution in [3.8, 4) is 0 Å². The molecule has 4 atom stereocenters. The number of hydrogen-bond donors (Lipinski definition) is 1. The second-order valence-electron chi connectivity index (χ2n) is 7.07. The first-order valence-electron chi connectivity index (χ1n) is 8.62. The molecule has 1 saturated heterocycles. The Morgan fingerprint density at radius 3 is 2.58 bits per heavy atom. The minimum Gasteiger partial charge on any atom is -0.329 e. The zero-order valence-corrected chi connectivity index (χ0v) is 13.3. The average molecular weight is 266 g/mol. The summed E-state index contributed by atoms with van der Waals surface area (Å²) >= 11 is 0. The smallest absolute Gasteiger partial charge is 0.0362 e. The minimum atomic E-state index is 0.294. The van der Waals surface area contributed by atoms with Crippen LogP contribution in [0.25, 0.3) is 0 Å². The van der Waals surface area contributed by atoms with E-state index in [2.05, 4.69) is 25.7 Å². The molecular weight excluding hydrogens is 232 g/mol. The van der Waals surface area contributed by atoms with Crippen LogP contribution in [0.1, 0.15) is 72.1 Å². The Kier molecular flexibility index (Phi) is 5.30. The molecule has 112 valence electrons. The van der Waals surface area contributed by atoms with Crippen LogP contribution in [0, 0.1) is 11.8 Å². The van der Waals surface area contributed by atoms with E-state index in [1.807, 2.05) is 0 Å². The molecule has 0 radical (unpaired) electrons. The van der Waals surface area contributed by atoms with Gasteiger partial charge in [-0.25, -0.2) is 0 Å². The molecule has 0 amide bonds. The Balaban J connectivity index is 2.26. The second-order valence-corrected chi connectivity index (χ2v) is 7.07. The molecule has 19 heavy (non-hydrogen) atoms. The van der Waals surface area contributed by atoms with Crippen molar-refractivity contribution < 1.29 is 0 Å². The van der Waals surface area contributed by atoms with Crippen LogP contribution in [-0.4, -0.2) is 29.6 Å². The second kappa shape index (κ2) is 6.58. The zero-order valence-electron chi connectivity index (χ0n) is 13.3. The first-order chi connectivity index (χ1) is 9.15. The third-order valence-electron chi connectivity index (χ3n) is 6.24. The van der Waals surface area contributed by atoms with Gasteiger partial charge in [-0.05, 0) is 44.1 Å². The van der Waals surface area contributed by atoms with Crippen molar-refractivity contribution in [2.75, 3.05) is 13.1 Å². The Morgan fingerprint density at radius 2 is 1.89 bits per heavy atom. The molecule has 0 aromatic rings. The van der Waals surface area contributed by atoms with Gasteiger partial charge in [0.15, 0.2) is 0 Å². The van der Waals surface area contributed by atoms with Crippen LogP contribution in [0.2, 0.25) is 0 Å². The van der Waals surface area contributed by atoms with Crippen molar-refractivity contribution in [1.82, 2.24) is 4.90 Å². The number of likely N-dealkylation sites (tertiary alicyclic amines) is 1. The summed E-state index contributed by atoms with van der Waals surface area (Å²) in [6.07, 6.45) is 11.0. The molecule has 0 aromatic carbocycles. The van der Waals surface area contributed by atoms with Crippen molar-refractivity contribution in [3.63, 3.8) is 0 Å². The lowest BCUT2D eigenvalue weighted by molar-refractivity contribution is -0.0376. The van der Waals surface area contributed by atoms with Crippen molar-refractivity contribution in [3.05, 3.63) is 0 Å². The largest absolute Gasteiger partial charge is 0.329 e. The van der Waals surface area contributed by atoms with Gasteiger partial charge in [0.1, 0.15) is 0 Å². The third-order valence-corrected chi connectivity index (χ3v) is 6.24. The summed E-state index contributed by atoms with van der Waals surface area (Å²) in [6, 6.07) is 0.777.